The molecule has 0 bridgehead atoms. The number of hydrogen-bond acceptors (Lipinski definition) is 5. The van der Waals surface area contributed by atoms with E-state index >= 15 is 0 Å². The number of amides is 1. The fourth-order valence-corrected chi connectivity index (χ4v) is 5.26. The van der Waals surface area contributed by atoms with E-state index in [1.165, 1.54) is 4.68 Å². The summed E-state index contributed by atoms with van der Waals surface area (Å²) in [6.07, 6.45) is 5.04. The molecule has 1 saturated carbocycles. The highest BCUT2D eigenvalue weighted by Crippen LogP contribution is 2.45. The van der Waals surface area contributed by atoms with E-state index < -0.39 is 0 Å². The summed E-state index contributed by atoms with van der Waals surface area (Å²) in [6.45, 7) is 11.4. The van der Waals surface area contributed by atoms with Crippen molar-refractivity contribution < 1.29 is 9.53 Å². The SMILES string of the molecule is CC[C@H]1C[C@@H](Nc2cnn(CC(=O)N3CCOCC3)c(=O)c2Br)[C@H](C)CC1(C)C. The van der Waals surface area contributed by atoms with E-state index in [1.54, 1.807) is 11.1 Å². The van der Waals surface area contributed by atoms with Crippen LogP contribution in [0.3, 0.4) is 0 Å². The normalized spacial score (nSPS) is 26.9. The number of nitrogens with zero attached hydrogens (tertiary/aromatic N) is 3. The van der Waals surface area contributed by atoms with E-state index in [9.17, 15) is 9.59 Å². The smallest absolute Gasteiger partial charge is 0.283 e. The lowest BCUT2D eigenvalue weighted by Crippen LogP contribution is -2.44. The molecule has 0 unspecified atom stereocenters. The minimum Gasteiger partial charge on any atom is -0.380 e. The first kappa shape index (κ1) is 22.3. The lowest BCUT2D eigenvalue weighted by atomic mass is 9.63. The zero-order valence-corrected chi connectivity index (χ0v) is 19.5. The summed E-state index contributed by atoms with van der Waals surface area (Å²) in [5, 5.41) is 7.82. The molecule has 8 heteroatoms. The average Bonchev–Trinajstić information content (AvgIpc) is 2.69. The summed E-state index contributed by atoms with van der Waals surface area (Å²) in [4.78, 5) is 26.9. The largest absolute Gasteiger partial charge is 0.380 e. The van der Waals surface area contributed by atoms with Gasteiger partial charge in [-0.2, -0.15) is 5.10 Å². The van der Waals surface area contributed by atoms with Gasteiger partial charge in [0.1, 0.15) is 11.0 Å². The number of halogens is 1. The quantitative estimate of drug-likeness (QED) is 0.717. The van der Waals surface area contributed by atoms with Crippen molar-refractivity contribution in [3.05, 3.63) is 21.0 Å². The molecule has 2 aliphatic rings. The topological polar surface area (TPSA) is 76.5 Å². The molecule has 1 N–H and O–H groups in total. The van der Waals surface area contributed by atoms with Gasteiger partial charge in [-0.1, -0.05) is 34.1 Å². The molecule has 0 aromatic carbocycles. The second kappa shape index (κ2) is 9.16. The molecule has 2 heterocycles. The van der Waals surface area contributed by atoms with Crippen LogP contribution >= 0.6 is 15.9 Å². The number of rotatable bonds is 5. The highest BCUT2D eigenvalue weighted by atomic mass is 79.9. The Morgan fingerprint density at radius 2 is 2.07 bits per heavy atom. The molecule has 1 aliphatic heterocycles. The van der Waals surface area contributed by atoms with Crippen LogP contribution in [-0.4, -0.2) is 52.9 Å². The molecule has 1 aliphatic carbocycles. The van der Waals surface area contributed by atoms with Crippen molar-refractivity contribution in [1.29, 1.82) is 0 Å². The summed E-state index contributed by atoms with van der Waals surface area (Å²) in [6, 6.07) is 0.302. The second-order valence-corrected chi connectivity index (χ2v) is 9.88. The van der Waals surface area contributed by atoms with Gasteiger partial charge in [0, 0.05) is 19.1 Å². The molecule has 1 saturated heterocycles. The lowest BCUT2D eigenvalue weighted by molar-refractivity contribution is -0.136. The fraction of sp³-hybridized carbons (Fsp3) is 0.762. The van der Waals surface area contributed by atoms with Gasteiger partial charge in [0.15, 0.2) is 0 Å². The summed E-state index contributed by atoms with van der Waals surface area (Å²) in [7, 11) is 0. The third kappa shape index (κ3) is 5.02. The van der Waals surface area contributed by atoms with E-state index in [1.807, 2.05) is 0 Å². The molecule has 1 aromatic heterocycles. The van der Waals surface area contributed by atoms with E-state index in [2.05, 4.69) is 54.0 Å². The first-order valence-corrected chi connectivity index (χ1v) is 11.4. The fourth-order valence-electron chi connectivity index (χ4n) is 4.84. The molecule has 3 atom stereocenters. The number of anilines is 1. The lowest BCUT2D eigenvalue weighted by Gasteiger charge is -2.46. The van der Waals surface area contributed by atoms with Gasteiger partial charge in [-0.05, 0) is 46.0 Å². The highest BCUT2D eigenvalue weighted by Gasteiger charge is 2.39. The minimum absolute atomic E-state index is 0.0519. The zero-order chi connectivity index (χ0) is 21.2. The van der Waals surface area contributed by atoms with Crippen LogP contribution in [0.2, 0.25) is 0 Å². The van der Waals surface area contributed by atoms with Crippen molar-refractivity contribution in [3.8, 4) is 0 Å². The molecule has 3 rings (SSSR count). The van der Waals surface area contributed by atoms with Gasteiger partial charge in [-0.3, -0.25) is 9.59 Å². The molecule has 162 valence electrons. The van der Waals surface area contributed by atoms with Gasteiger partial charge in [0.25, 0.3) is 5.56 Å². The van der Waals surface area contributed by atoms with Crippen molar-refractivity contribution in [2.24, 2.45) is 17.3 Å². The van der Waals surface area contributed by atoms with Crippen LogP contribution in [0.4, 0.5) is 5.69 Å². The Labute approximate surface area is 181 Å². The summed E-state index contributed by atoms with van der Waals surface area (Å²) < 4.78 is 6.94. The zero-order valence-electron chi connectivity index (χ0n) is 17.9. The van der Waals surface area contributed by atoms with Crippen molar-refractivity contribution in [1.82, 2.24) is 14.7 Å². The molecule has 29 heavy (non-hydrogen) atoms. The maximum absolute atomic E-state index is 12.8. The van der Waals surface area contributed by atoms with Gasteiger partial charge in [-0.15, -0.1) is 0 Å². The summed E-state index contributed by atoms with van der Waals surface area (Å²) >= 11 is 3.44. The molecule has 0 spiro atoms. The minimum atomic E-state index is -0.285. The van der Waals surface area contributed by atoms with Gasteiger partial charge in [-0.25, -0.2) is 4.68 Å². The Morgan fingerprint density at radius 3 is 2.72 bits per heavy atom. The number of aromatic nitrogens is 2. The summed E-state index contributed by atoms with van der Waals surface area (Å²) in [5.74, 6) is 1.05. The van der Waals surface area contributed by atoms with Crippen molar-refractivity contribution in [3.63, 3.8) is 0 Å². The Balaban J connectivity index is 1.71. The standard InChI is InChI=1S/C21H33BrN4O3/c1-5-15-10-16(14(2)11-21(15,3)4)24-17-12-23-26(20(28)19(17)22)13-18(27)25-6-8-29-9-7-25/h12,14-16,24H,5-11,13H2,1-4H3/t14-,15+,16-/m1/s1. The molecular weight excluding hydrogens is 436 g/mol. The molecule has 0 radical (unpaired) electrons. The van der Waals surface area contributed by atoms with E-state index in [0.29, 0.717) is 59.8 Å². The van der Waals surface area contributed by atoms with Gasteiger partial charge in [0.05, 0.1) is 25.1 Å². The second-order valence-electron chi connectivity index (χ2n) is 9.09. The van der Waals surface area contributed by atoms with Gasteiger partial charge < -0.3 is 15.0 Å². The first-order chi connectivity index (χ1) is 13.7. The van der Waals surface area contributed by atoms with Crippen LogP contribution in [-0.2, 0) is 16.1 Å². The van der Waals surface area contributed by atoms with Crippen molar-refractivity contribution in [2.75, 3.05) is 31.6 Å². The van der Waals surface area contributed by atoms with Crippen LogP contribution in [0, 0.1) is 17.3 Å². The highest BCUT2D eigenvalue weighted by molar-refractivity contribution is 9.10. The number of nitrogens with one attached hydrogen (secondary N) is 1. The van der Waals surface area contributed by atoms with Crippen LogP contribution < -0.4 is 10.9 Å². The Morgan fingerprint density at radius 1 is 1.38 bits per heavy atom. The Hall–Kier alpha value is -1.41. The van der Waals surface area contributed by atoms with Crippen molar-refractivity contribution in [2.45, 2.75) is 59.5 Å². The maximum atomic E-state index is 12.8. The predicted molar refractivity (Wildman–Crippen MR) is 117 cm³/mol. The summed E-state index contributed by atoms with van der Waals surface area (Å²) in [5.41, 5.74) is 0.759. The molecule has 1 aromatic rings. The van der Waals surface area contributed by atoms with Crippen LogP contribution in [0.1, 0.15) is 47.0 Å². The molecular formula is C21H33BrN4O3. The monoisotopic (exact) mass is 468 g/mol. The Kier molecular flexibility index (Phi) is 7.04. The van der Waals surface area contributed by atoms with Gasteiger partial charge >= 0.3 is 0 Å². The maximum Gasteiger partial charge on any atom is 0.283 e. The van der Waals surface area contributed by atoms with Crippen LogP contribution in [0.5, 0.6) is 0 Å². The number of ether oxygens (including phenoxy) is 1. The van der Waals surface area contributed by atoms with E-state index in [4.69, 9.17) is 4.74 Å². The predicted octanol–water partition coefficient (Wildman–Crippen LogP) is 3.13. The van der Waals surface area contributed by atoms with Crippen LogP contribution in [0.15, 0.2) is 15.5 Å². The van der Waals surface area contributed by atoms with Gasteiger partial charge in [0.2, 0.25) is 5.91 Å². The van der Waals surface area contributed by atoms with E-state index in [-0.39, 0.29) is 18.0 Å². The molecule has 1 amide bonds. The first-order valence-electron chi connectivity index (χ1n) is 10.6. The van der Waals surface area contributed by atoms with Crippen LogP contribution in [0.25, 0.3) is 0 Å². The molecule has 7 nitrogen and oxygen atoms in total. The number of morpholine rings is 1. The third-order valence-electron chi connectivity index (χ3n) is 6.65. The van der Waals surface area contributed by atoms with E-state index in [0.717, 1.165) is 19.3 Å². The number of hydrogen-bond donors (Lipinski definition) is 1. The number of carbonyl (C=O) groups excluding carboxylic acids is 1. The molecule has 2 fully saturated rings. The average molecular weight is 469 g/mol. The Bertz CT molecular complexity index is 789. The number of carbonyl (C=O) groups is 1. The third-order valence-corrected chi connectivity index (χ3v) is 7.41. The van der Waals surface area contributed by atoms with Crippen molar-refractivity contribution >= 4 is 27.5 Å².